The van der Waals surface area contributed by atoms with Crippen LogP contribution in [0.1, 0.15) is 10.5 Å². The molecule has 0 aliphatic rings. The van der Waals surface area contributed by atoms with Crippen LogP contribution in [0.2, 0.25) is 0 Å². The van der Waals surface area contributed by atoms with Gasteiger partial charge in [-0.3, -0.25) is 9.89 Å². The predicted molar refractivity (Wildman–Crippen MR) is 110 cm³/mol. The molecule has 0 atom stereocenters. The molecule has 5 rings (SSSR count). The van der Waals surface area contributed by atoms with Crippen molar-refractivity contribution in [2.75, 3.05) is 7.11 Å². The number of methoxy groups -OCH3 is 1. The van der Waals surface area contributed by atoms with Crippen molar-refractivity contribution < 1.29 is 9.53 Å². The molecule has 1 amide bonds. The third-order valence-electron chi connectivity index (χ3n) is 4.78. The Morgan fingerprint density at radius 2 is 2.03 bits per heavy atom. The standard InChI is InChI=1S/C20H15N7O3/c1-30-13-4-2-3-12(8-13)27-19-16(24-20(27)29)15(17(21)28)23-18(25-19)10-5-6-11-9-22-26-14(11)7-10/h2-9H,1H3,(H2,21,28)(H,22,26)(H,24,29). The normalized spacial score (nSPS) is 11.2. The summed E-state index contributed by atoms with van der Waals surface area (Å²) >= 11 is 0. The lowest BCUT2D eigenvalue weighted by Gasteiger charge is -2.08. The molecule has 3 heterocycles. The number of rotatable bonds is 4. The second-order valence-corrected chi connectivity index (χ2v) is 6.60. The molecule has 30 heavy (non-hydrogen) atoms. The van der Waals surface area contributed by atoms with E-state index in [1.807, 2.05) is 18.2 Å². The summed E-state index contributed by atoms with van der Waals surface area (Å²) in [5.41, 5.74) is 7.35. The molecule has 0 fully saturated rings. The maximum absolute atomic E-state index is 12.7. The minimum atomic E-state index is -0.773. The summed E-state index contributed by atoms with van der Waals surface area (Å²) in [6.07, 6.45) is 1.70. The van der Waals surface area contributed by atoms with Gasteiger partial charge in [0.05, 0.1) is 24.5 Å². The van der Waals surface area contributed by atoms with E-state index in [2.05, 4.69) is 25.1 Å². The molecule has 10 heteroatoms. The highest BCUT2D eigenvalue weighted by Gasteiger charge is 2.20. The van der Waals surface area contributed by atoms with Gasteiger partial charge in [0.15, 0.2) is 17.2 Å². The summed E-state index contributed by atoms with van der Waals surface area (Å²) in [4.78, 5) is 36.4. The summed E-state index contributed by atoms with van der Waals surface area (Å²) in [6, 6.07) is 12.4. The van der Waals surface area contributed by atoms with Crippen LogP contribution in [0.5, 0.6) is 5.75 Å². The van der Waals surface area contributed by atoms with Gasteiger partial charge in [-0.25, -0.2) is 19.3 Å². The fourth-order valence-corrected chi connectivity index (χ4v) is 3.36. The molecule has 5 aromatic rings. The molecule has 0 unspecified atom stereocenters. The van der Waals surface area contributed by atoms with Crippen LogP contribution in [0.15, 0.2) is 53.5 Å². The average molecular weight is 401 g/mol. The first-order valence-electron chi connectivity index (χ1n) is 8.95. The van der Waals surface area contributed by atoms with Crippen LogP contribution in [0.3, 0.4) is 0 Å². The van der Waals surface area contributed by atoms with Crippen LogP contribution in [0, 0.1) is 0 Å². The number of hydrogen-bond donors (Lipinski definition) is 3. The number of imidazole rings is 1. The molecule has 0 saturated heterocycles. The van der Waals surface area contributed by atoms with Gasteiger partial charge >= 0.3 is 5.69 Å². The average Bonchev–Trinajstić information content (AvgIpc) is 3.35. The first kappa shape index (κ1) is 17.6. The van der Waals surface area contributed by atoms with Gasteiger partial charge in [-0.05, 0) is 18.2 Å². The smallest absolute Gasteiger partial charge is 0.332 e. The number of fused-ring (bicyclic) bond motifs is 2. The lowest BCUT2D eigenvalue weighted by Crippen LogP contribution is -2.15. The Morgan fingerprint density at radius 1 is 1.17 bits per heavy atom. The number of nitrogens with one attached hydrogen (secondary N) is 2. The van der Waals surface area contributed by atoms with Crippen molar-refractivity contribution in [1.29, 1.82) is 0 Å². The van der Waals surface area contributed by atoms with Gasteiger partial charge in [0.1, 0.15) is 11.3 Å². The van der Waals surface area contributed by atoms with Gasteiger partial charge in [0, 0.05) is 17.0 Å². The molecule has 4 N–H and O–H groups in total. The van der Waals surface area contributed by atoms with E-state index in [1.165, 1.54) is 11.7 Å². The molecular formula is C20H15N7O3. The van der Waals surface area contributed by atoms with Gasteiger partial charge in [-0.2, -0.15) is 5.10 Å². The number of nitrogens with two attached hydrogens (primary N) is 1. The zero-order chi connectivity index (χ0) is 20.8. The van der Waals surface area contributed by atoms with E-state index in [9.17, 15) is 9.59 Å². The van der Waals surface area contributed by atoms with Crippen molar-refractivity contribution in [3.63, 3.8) is 0 Å². The Hall–Kier alpha value is -4.47. The summed E-state index contributed by atoms with van der Waals surface area (Å²) in [6.45, 7) is 0. The highest BCUT2D eigenvalue weighted by Crippen LogP contribution is 2.25. The Balaban J connectivity index is 1.81. The predicted octanol–water partition coefficient (Wildman–Crippen LogP) is 1.76. The van der Waals surface area contributed by atoms with E-state index < -0.39 is 11.6 Å². The third-order valence-corrected chi connectivity index (χ3v) is 4.78. The van der Waals surface area contributed by atoms with E-state index in [-0.39, 0.29) is 22.7 Å². The second kappa shape index (κ2) is 6.55. The second-order valence-electron chi connectivity index (χ2n) is 6.60. The molecule has 0 radical (unpaired) electrons. The van der Waals surface area contributed by atoms with E-state index >= 15 is 0 Å². The van der Waals surface area contributed by atoms with E-state index in [0.29, 0.717) is 17.0 Å². The van der Waals surface area contributed by atoms with Gasteiger partial charge in [0.25, 0.3) is 5.91 Å². The van der Waals surface area contributed by atoms with Gasteiger partial charge in [0.2, 0.25) is 0 Å². The van der Waals surface area contributed by atoms with Gasteiger partial charge in [-0.15, -0.1) is 0 Å². The maximum Gasteiger partial charge on any atom is 0.332 e. The number of amides is 1. The van der Waals surface area contributed by atoms with Crippen molar-refractivity contribution in [3.8, 4) is 22.8 Å². The largest absolute Gasteiger partial charge is 0.497 e. The summed E-state index contributed by atoms with van der Waals surface area (Å²) in [5.74, 6) is 0.0524. The number of aromatic amines is 2. The van der Waals surface area contributed by atoms with E-state index in [1.54, 1.807) is 30.5 Å². The van der Waals surface area contributed by atoms with Crippen molar-refractivity contribution in [2.45, 2.75) is 0 Å². The molecule has 10 nitrogen and oxygen atoms in total. The van der Waals surface area contributed by atoms with Crippen LogP contribution < -0.4 is 16.2 Å². The van der Waals surface area contributed by atoms with Crippen molar-refractivity contribution in [2.24, 2.45) is 5.73 Å². The van der Waals surface area contributed by atoms with Crippen molar-refractivity contribution >= 4 is 28.0 Å². The van der Waals surface area contributed by atoms with Gasteiger partial charge in [-0.1, -0.05) is 18.2 Å². The van der Waals surface area contributed by atoms with E-state index in [4.69, 9.17) is 10.5 Å². The van der Waals surface area contributed by atoms with Crippen molar-refractivity contribution in [1.82, 2.24) is 29.7 Å². The lowest BCUT2D eigenvalue weighted by molar-refractivity contribution is 0.0997. The number of aromatic nitrogens is 6. The number of carbonyl (C=O) groups is 1. The highest BCUT2D eigenvalue weighted by molar-refractivity contribution is 6.02. The molecular weight excluding hydrogens is 386 g/mol. The molecule has 148 valence electrons. The fourth-order valence-electron chi connectivity index (χ4n) is 3.36. The molecule has 0 aliphatic carbocycles. The SMILES string of the molecule is COc1cccc(-n2c(=O)[nH]c3c(C(N)=O)nc(-c4ccc5cn[nH]c5c4)nc32)c1. The molecule has 2 aromatic carbocycles. The summed E-state index contributed by atoms with van der Waals surface area (Å²) < 4.78 is 6.60. The fraction of sp³-hybridized carbons (Fsp3) is 0.0500. The Kier molecular flexibility index (Phi) is 3.85. The molecule has 3 aromatic heterocycles. The number of benzene rings is 2. The van der Waals surface area contributed by atoms with Crippen LogP contribution in [-0.2, 0) is 0 Å². The van der Waals surface area contributed by atoms with Crippen LogP contribution in [0.25, 0.3) is 39.1 Å². The topological polar surface area (TPSA) is 145 Å². The molecule has 0 bridgehead atoms. The number of primary amides is 1. The first-order valence-corrected chi connectivity index (χ1v) is 8.95. The van der Waals surface area contributed by atoms with Crippen LogP contribution in [0.4, 0.5) is 0 Å². The Bertz CT molecular complexity index is 1500. The highest BCUT2D eigenvalue weighted by atomic mass is 16.5. The number of carbonyl (C=O) groups excluding carboxylic acids is 1. The number of nitrogens with zero attached hydrogens (tertiary/aromatic N) is 4. The zero-order valence-electron chi connectivity index (χ0n) is 15.7. The quantitative estimate of drug-likeness (QED) is 0.418. The van der Waals surface area contributed by atoms with Crippen LogP contribution >= 0.6 is 0 Å². The van der Waals surface area contributed by atoms with E-state index in [0.717, 1.165) is 10.9 Å². The zero-order valence-corrected chi connectivity index (χ0v) is 15.7. The first-order chi connectivity index (χ1) is 14.5. The maximum atomic E-state index is 12.7. The van der Waals surface area contributed by atoms with Crippen LogP contribution in [-0.4, -0.2) is 42.7 Å². The number of ether oxygens (including phenoxy) is 1. The molecule has 0 spiro atoms. The third kappa shape index (κ3) is 2.70. The number of hydrogen-bond acceptors (Lipinski definition) is 6. The monoisotopic (exact) mass is 401 g/mol. The number of H-pyrrole nitrogens is 2. The van der Waals surface area contributed by atoms with Gasteiger partial charge < -0.3 is 15.5 Å². The molecule has 0 aliphatic heterocycles. The molecule has 0 saturated carbocycles. The minimum Gasteiger partial charge on any atom is -0.497 e. The Morgan fingerprint density at radius 3 is 2.83 bits per heavy atom. The lowest BCUT2D eigenvalue weighted by atomic mass is 10.1. The summed E-state index contributed by atoms with van der Waals surface area (Å²) in [5, 5.41) is 7.81. The Labute approximate surface area is 168 Å². The minimum absolute atomic E-state index is 0.0709. The van der Waals surface area contributed by atoms with Crippen molar-refractivity contribution in [3.05, 3.63) is 64.8 Å². The summed E-state index contributed by atoms with van der Waals surface area (Å²) in [7, 11) is 1.54.